The fraction of sp³-hybridized carbons (Fsp3) is 0.294. The highest BCUT2D eigenvalue weighted by atomic mass is 14.2. The molecule has 0 nitrogen and oxygen atoms in total. The first kappa shape index (κ1) is 10.6. The molecule has 0 aliphatic heterocycles. The lowest BCUT2D eigenvalue weighted by molar-refractivity contribution is 0.796. The minimum absolute atomic E-state index is 1.06. The monoisotopic (exact) mass is 221 g/mol. The summed E-state index contributed by atoms with van der Waals surface area (Å²) in [6.45, 7) is 2.25. The van der Waals surface area contributed by atoms with Crippen LogP contribution in [-0.4, -0.2) is 0 Å². The van der Waals surface area contributed by atoms with Gasteiger partial charge < -0.3 is 0 Å². The lowest BCUT2D eigenvalue weighted by Crippen LogP contribution is -1.90. The number of hydrogen-bond donors (Lipinski definition) is 0. The van der Waals surface area contributed by atoms with E-state index in [0.29, 0.717) is 0 Å². The second-order valence-electron chi connectivity index (χ2n) is 4.79. The van der Waals surface area contributed by atoms with Crippen LogP contribution >= 0.6 is 0 Å². The topological polar surface area (TPSA) is 0 Å². The lowest BCUT2D eigenvalue weighted by Gasteiger charge is -2.08. The van der Waals surface area contributed by atoms with Gasteiger partial charge >= 0.3 is 0 Å². The molecule has 3 rings (SSSR count). The van der Waals surface area contributed by atoms with E-state index < -0.39 is 0 Å². The number of hydrogen-bond acceptors (Lipinski definition) is 0. The van der Waals surface area contributed by atoms with Gasteiger partial charge in [0, 0.05) is 0 Å². The molecule has 0 heterocycles. The molecule has 1 radical (unpaired) electrons. The van der Waals surface area contributed by atoms with E-state index in [4.69, 9.17) is 0 Å². The van der Waals surface area contributed by atoms with Gasteiger partial charge in [-0.1, -0.05) is 49.7 Å². The Balaban J connectivity index is 2.09. The van der Waals surface area contributed by atoms with Crippen molar-refractivity contribution < 1.29 is 0 Å². The summed E-state index contributed by atoms with van der Waals surface area (Å²) in [5, 5.41) is 0. The van der Waals surface area contributed by atoms with Crippen molar-refractivity contribution in [3.8, 4) is 11.1 Å². The molecule has 0 N–H and O–H groups in total. The Morgan fingerprint density at radius 3 is 3.00 bits per heavy atom. The third kappa shape index (κ3) is 1.78. The van der Waals surface area contributed by atoms with Crippen molar-refractivity contribution in [2.75, 3.05) is 0 Å². The summed E-state index contributed by atoms with van der Waals surface area (Å²) in [5.41, 5.74) is 7.27. The molecule has 0 amide bonds. The molecular weight excluding hydrogens is 204 g/mol. The van der Waals surface area contributed by atoms with E-state index in [1.807, 2.05) is 6.07 Å². The second kappa shape index (κ2) is 4.37. The van der Waals surface area contributed by atoms with Gasteiger partial charge in [-0.3, -0.25) is 0 Å². The molecule has 1 aliphatic rings. The van der Waals surface area contributed by atoms with Crippen LogP contribution in [0.25, 0.3) is 11.1 Å². The number of aryl methyl sites for hydroxylation is 1. The van der Waals surface area contributed by atoms with Crippen molar-refractivity contribution in [1.82, 2.24) is 0 Å². The highest BCUT2D eigenvalue weighted by Crippen LogP contribution is 2.38. The lowest BCUT2D eigenvalue weighted by atomic mass is 9.96. The smallest absolute Gasteiger partial charge is 0.000718 e. The summed E-state index contributed by atoms with van der Waals surface area (Å²) in [4.78, 5) is 0. The second-order valence-corrected chi connectivity index (χ2v) is 4.79. The summed E-state index contributed by atoms with van der Waals surface area (Å²) in [6.07, 6.45) is 4.80. The first-order chi connectivity index (χ1) is 8.40. The molecule has 85 valence electrons. The van der Waals surface area contributed by atoms with Crippen LogP contribution in [0.15, 0.2) is 36.4 Å². The standard InChI is InChI=1S/C17H17/c1-2-3-7-13-9-6-10-15-12-14-8-4-5-11-16(14)17(13)15/h4-6,9-11H,2-3,7,12H2,1H3. The SMILES string of the molecule is CCCCc1cccc2c1-c1ccc[c]c1C2. The van der Waals surface area contributed by atoms with E-state index >= 15 is 0 Å². The normalized spacial score (nSPS) is 12.3. The van der Waals surface area contributed by atoms with Crippen molar-refractivity contribution >= 4 is 0 Å². The minimum Gasteiger partial charge on any atom is -0.0654 e. The van der Waals surface area contributed by atoms with Crippen LogP contribution in [0.3, 0.4) is 0 Å². The molecule has 2 aromatic rings. The van der Waals surface area contributed by atoms with E-state index in [0.717, 1.165) is 6.42 Å². The van der Waals surface area contributed by atoms with Gasteiger partial charge in [0.2, 0.25) is 0 Å². The van der Waals surface area contributed by atoms with Crippen molar-refractivity contribution in [3.05, 3.63) is 59.2 Å². The molecule has 0 saturated carbocycles. The fourth-order valence-corrected chi connectivity index (χ4v) is 2.76. The molecule has 0 saturated heterocycles. The molecule has 0 atom stereocenters. The van der Waals surface area contributed by atoms with Crippen LogP contribution in [0.5, 0.6) is 0 Å². The van der Waals surface area contributed by atoms with Gasteiger partial charge in [-0.15, -0.1) is 0 Å². The number of benzene rings is 2. The van der Waals surface area contributed by atoms with Crippen molar-refractivity contribution in [2.45, 2.75) is 32.6 Å². The largest absolute Gasteiger partial charge is 0.0654 e. The Kier molecular flexibility index (Phi) is 2.72. The van der Waals surface area contributed by atoms with Crippen LogP contribution in [0.2, 0.25) is 0 Å². The van der Waals surface area contributed by atoms with Gasteiger partial charge in [-0.25, -0.2) is 0 Å². The van der Waals surface area contributed by atoms with E-state index in [1.54, 1.807) is 0 Å². The molecule has 2 aromatic carbocycles. The van der Waals surface area contributed by atoms with Crippen LogP contribution < -0.4 is 0 Å². The maximum atomic E-state index is 3.38. The summed E-state index contributed by atoms with van der Waals surface area (Å²) < 4.78 is 0. The van der Waals surface area contributed by atoms with Crippen LogP contribution in [-0.2, 0) is 12.8 Å². The molecule has 0 fully saturated rings. The first-order valence-corrected chi connectivity index (χ1v) is 6.51. The summed E-state index contributed by atoms with van der Waals surface area (Å²) in [7, 11) is 0. The van der Waals surface area contributed by atoms with Gasteiger partial charge in [-0.05, 0) is 53.1 Å². The maximum Gasteiger partial charge on any atom is -0.000718 e. The Hall–Kier alpha value is -1.56. The fourth-order valence-electron chi connectivity index (χ4n) is 2.76. The number of unbranched alkanes of at least 4 members (excludes halogenated alkanes) is 1. The van der Waals surface area contributed by atoms with Crippen molar-refractivity contribution in [3.63, 3.8) is 0 Å². The molecule has 1 aliphatic carbocycles. The summed E-state index contributed by atoms with van der Waals surface area (Å²) in [6, 6.07) is 16.5. The minimum atomic E-state index is 1.06. The third-order valence-electron chi connectivity index (χ3n) is 3.62. The van der Waals surface area contributed by atoms with E-state index in [9.17, 15) is 0 Å². The van der Waals surface area contributed by atoms with E-state index in [2.05, 4.69) is 43.3 Å². The molecule has 17 heavy (non-hydrogen) atoms. The summed E-state index contributed by atoms with van der Waals surface area (Å²) in [5.74, 6) is 0. The highest BCUT2D eigenvalue weighted by Gasteiger charge is 2.20. The zero-order chi connectivity index (χ0) is 11.7. The van der Waals surface area contributed by atoms with Gasteiger partial charge in [0.1, 0.15) is 0 Å². The van der Waals surface area contributed by atoms with Crippen molar-refractivity contribution in [1.29, 1.82) is 0 Å². The zero-order valence-corrected chi connectivity index (χ0v) is 10.3. The molecule has 0 heteroatoms. The molecule has 0 spiro atoms. The van der Waals surface area contributed by atoms with E-state index in [-0.39, 0.29) is 0 Å². The predicted molar refractivity (Wildman–Crippen MR) is 72.1 cm³/mol. The average Bonchev–Trinajstić information content (AvgIpc) is 2.75. The van der Waals surface area contributed by atoms with Gasteiger partial charge in [-0.2, -0.15) is 0 Å². The predicted octanol–water partition coefficient (Wildman–Crippen LogP) is 4.40. The Morgan fingerprint density at radius 1 is 1.18 bits per heavy atom. The summed E-state index contributed by atoms with van der Waals surface area (Å²) >= 11 is 0. The molecule has 0 aromatic heterocycles. The maximum absolute atomic E-state index is 3.38. The zero-order valence-electron chi connectivity index (χ0n) is 10.3. The van der Waals surface area contributed by atoms with Crippen LogP contribution in [0, 0.1) is 6.07 Å². The Bertz CT molecular complexity index is 537. The Labute approximate surface area is 103 Å². The molecule has 0 bridgehead atoms. The van der Waals surface area contributed by atoms with Crippen LogP contribution in [0.4, 0.5) is 0 Å². The number of fused-ring (bicyclic) bond motifs is 3. The number of rotatable bonds is 3. The highest BCUT2D eigenvalue weighted by molar-refractivity contribution is 5.79. The quantitative estimate of drug-likeness (QED) is 0.615. The van der Waals surface area contributed by atoms with Gasteiger partial charge in [0.05, 0.1) is 0 Å². The van der Waals surface area contributed by atoms with E-state index in [1.165, 1.54) is 47.1 Å². The van der Waals surface area contributed by atoms with Gasteiger partial charge in [0.25, 0.3) is 0 Å². The van der Waals surface area contributed by atoms with Crippen LogP contribution in [0.1, 0.15) is 36.5 Å². The van der Waals surface area contributed by atoms with Crippen molar-refractivity contribution in [2.24, 2.45) is 0 Å². The average molecular weight is 221 g/mol. The molecule has 0 unspecified atom stereocenters. The Morgan fingerprint density at radius 2 is 2.12 bits per heavy atom. The third-order valence-corrected chi connectivity index (χ3v) is 3.62. The first-order valence-electron chi connectivity index (χ1n) is 6.51. The molecular formula is C17H17. The van der Waals surface area contributed by atoms with Gasteiger partial charge in [0.15, 0.2) is 0 Å².